The molecule has 0 saturated heterocycles. The summed E-state index contributed by atoms with van der Waals surface area (Å²) in [4.78, 5) is 20.3. The van der Waals surface area contributed by atoms with Gasteiger partial charge in [-0.15, -0.1) is 0 Å². The molecule has 1 atom stereocenters. The number of rotatable bonds is 6. The molecule has 0 fully saturated rings. The quantitative estimate of drug-likeness (QED) is 0.476. The van der Waals surface area contributed by atoms with E-state index in [4.69, 9.17) is 4.84 Å². The Kier molecular flexibility index (Phi) is 5.80. The summed E-state index contributed by atoms with van der Waals surface area (Å²) in [6.07, 6.45) is 4.21. The fourth-order valence-corrected chi connectivity index (χ4v) is 2.50. The molecule has 0 saturated carbocycles. The van der Waals surface area contributed by atoms with E-state index in [1.54, 1.807) is 19.4 Å². The van der Waals surface area contributed by atoms with Gasteiger partial charge in [0.05, 0.1) is 12.4 Å². The van der Waals surface area contributed by atoms with Gasteiger partial charge in [-0.2, -0.15) is 5.10 Å². The molecular weight excluding hydrogens is 396 g/mol. The summed E-state index contributed by atoms with van der Waals surface area (Å²) in [5.74, 6) is -0.381. The summed E-state index contributed by atoms with van der Waals surface area (Å²) < 4.78 is 0.983. The highest BCUT2D eigenvalue weighted by Gasteiger charge is 2.12. The average Bonchev–Trinajstić information content (AvgIpc) is 3.06. The molecule has 0 aliphatic rings. The van der Waals surface area contributed by atoms with Crippen LogP contribution in [0.3, 0.4) is 0 Å². The number of hydrazone groups is 1. The lowest BCUT2D eigenvalue weighted by Gasteiger charge is -2.06. The number of H-pyrrole nitrogens is 1. The van der Waals surface area contributed by atoms with Crippen molar-refractivity contribution in [3.8, 4) is 0 Å². The van der Waals surface area contributed by atoms with Gasteiger partial charge < -0.3 is 9.82 Å². The van der Waals surface area contributed by atoms with E-state index in [0.717, 1.165) is 26.5 Å². The van der Waals surface area contributed by atoms with Crippen molar-refractivity contribution in [1.82, 2.24) is 10.4 Å². The van der Waals surface area contributed by atoms with Crippen molar-refractivity contribution in [1.29, 1.82) is 0 Å². The highest BCUT2D eigenvalue weighted by atomic mass is 79.9. The fourth-order valence-electron chi connectivity index (χ4n) is 2.24. The van der Waals surface area contributed by atoms with Crippen molar-refractivity contribution in [3.05, 3.63) is 70.3 Å². The topological polar surface area (TPSA) is 78.8 Å². The van der Waals surface area contributed by atoms with Crippen molar-refractivity contribution in [2.24, 2.45) is 10.3 Å². The fraction of sp³-hybridized carbons (Fsp3) is 0.105. The lowest BCUT2D eigenvalue weighted by atomic mass is 10.2. The Morgan fingerprint density at radius 3 is 2.77 bits per heavy atom. The summed E-state index contributed by atoms with van der Waals surface area (Å²) >= 11 is 3.36. The normalized spacial score (nSPS) is 12.7. The molecule has 132 valence electrons. The van der Waals surface area contributed by atoms with Gasteiger partial charge in [0.25, 0.3) is 5.91 Å². The van der Waals surface area contributed by atoms with E-state index in [-0.39, 0.29) is 5.91 Å². The van der Waals surface area contributed by atoms with Gasteiger partial charge in [-0.1, -0.05) is 51.4 Å². The van der Waals surface area contributed by atoms with Crippen molar-refractivity contribution >= 4 is 45.2 Å². The van der Waals surface area contributed by atoms with Crippen LogP contribution in [0.1, 0.15) is 18.1 Å². The first-order valence-electron chi connectivity index (χ1n) is 7.97. The number of fused-ring (bicyclic) bond motifs is 1. The van der Waals surface area contributed by atoms with Crippen molar-refractivity contribution in [2.45, 2.75) is 13.0 Å². The van der Waals surface area contributed by atoms with Gasteiger partial charge >= 0.3 is 0 Å². The van der Waals surface area contributed by atoms with E-state index in [1.807, 2.05) is 54.7 Å². The minimum atomic E-state index is -0.762. The molecule has 6 nitrogen and oxygen atoms in total. The largest absolute Gasteiger partial charge is 0.383 e. The van der Waals surface area contributed by atoms with Crippen LogP contribution in [0.25, 0.3) is 10.9 Å². The predicted molar refractivity (Wildman–Crippen MR) is 106 cm³/mol. The Hall–Kier alpha value is -2.93. The van der Waals surface area contributed by atoms with E-state index in [2.05, 4.69) is 36.6 Å². The van der Waals surface area contributed by atoms with Crippen LogP contribution in [0, 0.1) is 0 Å². The van der Waals surface area contributed by atoms with Crippen molar-refractivity contribution in [3.63, 3.8) is 0 Å². The number of nitrogens with one attached hydrogen (secondary N) is 2. The predicted octanol–water partition coefficient (Wildman–Crippen LogP) is 3.82. The molecule has 1 unspecified atom stereocenters. The van der Waals surface area contributed by atoms with E-state index in [0.29, 0.717) is 0 Å². The maximum atomic E-state index is 12.0. The number of para-hydroxylation sites is 1. The highest BCUT2D eigenvalue weighted by Crippen LogP contribution is 2.15. The summed E-state index contributed by atoms with van der Waals surface area (Å²) in [6, 6.07) is 15.4. The van der Waals surface area contributed by atoms with Gasteiger partial charge in [-0.05, 0) is 30.7 Å². The van der Waals surface area contributed by atoms with Gasteiger partial charge in [0.2, 0.25) is 6.10 Å². The Bertz CT molecular complexity index is 948. The lowest BCUT2D eigenvalue weighted by Crippen LogP contribution is -2.30. The first kappa shape index (κ1) is 17.9. The zero-order valence-corrected chi connectivity index (χ0v) is 15.6. The van der Waals surface area contributed by atoms with Crippen LogP contribution in [-0.2, 0) is 9.63 Å². The molecule has 2 N–H and O–H groups in total. The summed E-state index contributed by atoms with van der Waals surface area (Å²) in [5, 5.41) is 8.85. The van der Waals surface area contributed by atoms with Crippen LogP contribution in [0.4, 0.5) is 0 Å². The number of oxime groups is 1. The molecule has 3 aromatic rings. The van der Waals surface area contributed by atoms with Crippen LogP contribution in [-0.4, -0.2) is 29.4 Å². The number of benzene rings is 2. The number of aromatic nitrogens is 1. The monoisotopic (exact) mass is 412 g/mol. The molecule has 1 heterocycles. The number of carbonyl (C=O) groups is 1. The molecule has 0 spiro atoms. The lowest BCUT2D eigenvalue weighted by molar-refractivity contribution is -0.131. The van der Waals surface area contributed by atoms with Crippen molar-refractivity contribution in [2.75, 3.05) is 0 Å². The van der Waals surface area contributed by atoms with E-state index >= 15 is 0 Å². The molecule has 3 rings (SSSR count). The third-order valence-electron chi connectivity index (χ3n) is 3.66. The number of hydrogen-bond acceptors (Lipinski definition) is 4. The summed E-state index contributed by atoms with van der Waals surface area (Å²) in [6.45, 7) is 1.61. The van der Waals surface area contributed by atoms with Crippen LogP contribution >= 0.6 is 15.9 Å². The molecule has 2 aromatic carbocycles. The van der Waals surface area contributed by atoms with Crippen LogP contribution < -0.4 is 5.43 Å². The number of aromatic amines is 1. The van der Waals surface area contributed by atoms with E-state index < -0.39 is 6.10 Å². The van der Waals surface area contributed by atoms with Gasteiger partial charge in [0.1, 0.15) is 0 Å². The minimum Gasteiger partial charge on any atom is -0.383 e. The smallest absolute Gasteiger partial charge is 0.283 e. The molecular formula is C19H17BrN4O2. The summed E-state index contributed by atoms with van der Waals surface area (Å²) in [7, 11) is 0. The second-order valence-corrected chi connectivity index (χ2v) is 6.47. The Morgan fingerprint density at radius 2 is 1.96 bits per heavy atom. The Labute approximate surface area is 159 Å². The molecule has 1 aromatic heterocycles. The minimum absolute atomic E-state index is 0.381. The first-order chi connectivity index (χ1) is 12.6. The van der Waals surface area contributed by atoms with E-state index in [1.165, 1.54) is 0 Å². The Morgan fingerprint density at radius 1 is 1.19 bits per heavy atom. The standard InChI is InChI=1S/C19H17BrN4O2/c1-13(26-23-10-14-6-8-16(20)9-7-14)19(25)24-22-12-15-11-21-18-5-3-2-4-17(15)18/h2-13,21H,1H3,(H,24,25)/b22-12-,23-10+. The highest BCUT2D eigenvalue weighted by molar-refractivity contribution is 9.10. The first-order valence-corrected chi connectivity index (χ1v) is 8.76. The number of carbonyl (C=O) groups excluding carboxylic acids is 1. The third-order valence-corrected chi connectivity index (χ3v) is 4.19. The zero-order chi connectivity index (χ0) is 18.4. The molecule has 0 radical (unpaired) electrons. The molecule has 7 heteroatoms. The second-order valence-electron chi connectivity index (χ2n) is 5.56. The van der Waals surface area contributed by atoms with Gasteiger partial charge in [-0.3, -0.25) is 4.79 Å². The number of amides is 1. The van der Waals surface area contributed by atoms with Crippen LogP contribution in [0.15, 0.2) is 69.5 Å². The van der Waals surface area contributed by atoms with Gasteiger partial charge in [0.15, 0.2) is 0 Å². The van der Waals surface area contributed by atoms with Crippen LogP contribution in [0.5, 0.6) is 0 Å². The molecule has 26 heavy (non-hydrogen) atoms. The van der Waals surface area contributed by atoms with E-state index in [9.17, 15) is 4.79 Å². The molecule has 0 aliphatic heterocycles. The van der Waals surface area contributed by atoms with Gasteiger partial charge in [-0.25, -0.2) is 5.43 Å². The maximum Gasteiger partial charge on any atom is 0.283 e. The van der Waals surface area contributed by atoms with Gasteiger partial charge in [0, 0.05) is 27.1 Å². The molecule has 1 amide bonds. The Balaban J connectivity index is 1.51. The zero-order valence-electron chi connectivity index (χ0n) is 14.0. The summed E-state index contributed by atoms with van der Waals surface area (Å²) in [5.41, 5.74) is 5.23. The van der Waals surface area contributed by atoms with Crippen LogP contribution in [0.2, 0.25) is 0 Å². The number of nitrogens with zero attached hydrogens (tertiary/aromatic N) is 2. The number of halogens is 1. The molecule has 0 aliphatic carbocycles. The molecule has 0 bridgehead atoms. The average molecular weight is 413 g/mol. The number of hydrogen-bond donors (Lipinski definition) is 2. The SMILES string of the molecule is CC(O/N=C/c1ccc(Br)cc1)C(=O)N/N=C\c1c[nH]c2ccccc12. The van der Waals surface area contributed by atoms with Crippen molar-refractivity contribution < 1.29 is 9.63 Å². The second kappa shape index (κ2) is 8.44. The third kappa shape index (κ3) is 4.58. The maximum absolute atomic E-state index is 12.0.